The van der Waals surface area contributed by atoms with E-state index in [0.717, 1.165) is 0 Å². The largest absolute Gasteiger partial charge is 0.472 e. The first-order valence-electron chi connectivity index (χ1n) is 6.60. The van der Waals surface area contributed by atoms with E-state index in [1.165, 1.54) is 10.9 Å². The molecule has 0 bridgehead atoms. The van der Waals surface area contributed by atoms with Crippen LogP contribution in [0.5, 0.6) is 0 Å². The number of phosphoric acid groups is 1. The minimum Gasteiger partial charge on any atom is -0.386 e. The van der Waals surface area contributed by atoms with Gasteiger partial charge < -0.3 is 26.2 Å². The highest BCUT2D eigenvalue weighted by molar-refractivity contribution is 7.47. The molecule has 2 aliphatic heterocycles. The second-order valence-electron chi connectivity index (χ2n) is 5.16. The molecule has 23 heavy (non-hydrogen) atoms. The van der Waals surface area contributed by atoms with E-state index in [-0.39, 0.29) is 29.5 Å². The van der Waals surface area contributed by atoms with Gasteiger partial charge in [-0.25, -0.2) is 19.5 Å². The number of nitrogens with zero attached hydrogens (tertiary/aromatic N) is 4. The lowest BCUT2D eigenvalue weighted by Gasteiger charge is -2.27. The van der Waals surface area contributed by atoms with Gasteiger partial charge in [0.25, 0.3) is 0 Å². The Balaban J connectivity index is 1.76. The maximum Gasteiger partial charge on any atom is 0.472 e. The first kappa shape index (κ1) is 14.8. The van der Waals surface area contributed by atoms with Crippen molar-refractivity contribution >= 4 is 30.8 Å². The molecule has 5 unspecified atom stereocenters. The summed E-state index contributed by atoms with van der Waals surface area (Å²) in [5.74, 6) is 0.132. The molecule has 2 fully saturated rings. The molecule has 12 nitrogen and oxygen atoms in total. The quantitative estimate of drug-likeness (QED) is 0.454. The van der Waals surface area contributed by atoms with E-state index in [1.54, 1.807) is 0 Å². The number of anilines is 2. The van der Waals surface area contributed by atoms with E-state index in [4.69, 9.17) is 20.7 Å². The summed E-state index contributed by atoms with van der Waals surface area (Å²) in [6, 6.07) is 0. The fourth-order valence-electron chi connectivity index (χ4n) is 2.74. The average Bonchev–Trinajstić information content (AvgIpc) is 2.97. The van der Waals surface area contributed by atoms with Crippen LogP contribution in [0.15, 0.2) is 6.33 Å². The van der Waals surface area contributed by atoms with Crippen molar-refractivity contribution in [3.8, 4) is 0 Å². The number of imidazole rings is 1. The van der Waals surface area contributed by atoms with Crippen LogP contribution in [0.25, 0.3) is 11.2 Å². The van der Waals surface area contributed by atoms with E-state index >= 15 is 0 Å². The van der Waals surface area contributed by atoms with Gasteiger partial charge in [-0.3, -0.25) is 13.6 Å². The number of hydrogen-bond donors (Lipinski definition) is 4. The van der Waals surface area contributed by atoms with Crippen LogP contribution in [0.3, 0.4) is 0 Å². The number of ether oxygens (including phenoxy) is 1. The van der Waals surface area contributed by atoms with Crippen molar-refractivity contribution in [2.45, 2.75) is 24.5 Å². The molecule has 5 atom stereocenters. The molecule has 0 spiro atoms. The Kier molecular flexibility index (Phi) is 3.10. The third-order valence-corrected chi connectivity index (χ3v) is 4.74. The highest BCUT2D eigenvalue weighted by Crippen LogP contribution is 2.52. The number of hydrogen-bond acceptors (Lipinski definition) is 10. The van der Waals surface area contributed by atoms with Crippen molar-refractivity contribution < 1.29 is 28.3 Å². The first-order chi connectivity index (χ1) is 10.9. The molecule has 2 aliphatic rings. The van der Waals surface area contributed by atoms with Gasteiger partial charge in [0.2, 0.25) is 5.95 Å². The van der Waals surface area contributed by atoms with E-state index in [1.807, 2.05) is 0 Å². The van der Waals surface area contributed by atoms with Gasteiger partial charge in [0.15, 0.2) is 23.2 Å². The lowest BCUT2D eigenvalue weighted by atomic mass is 10.1. The first-order valence-corrected chi connectivity index (χ1v) is 8.10. The van der Waals surface area contributed by atoms with Gasteiger partial charge in [-0.05, 0) is 0 Å². The molecule has 0 saturated carbocycles. The molecule has 6 N–H and O–H groups in total. The summed E-state index contributed by atoms with van der Waals surface area (Å²) in [5.41, 5.74) is 12.1. The van der Waals surface area contributed by atoms with Gasteiger partial charge in [-0.15, -0.1) is 0 Å². The van der Waals surface area contributed by atoms with E-state index < -0.39 is 32.4 Å². The molecule has 0 radical (unpaired) electrons. The van der Waals surface area contributed by atoms with Gasteiger partial charge in [-0.2, -0.15) is 0 Å². The van der Waals surface area contributed by atoms with Crippen molar-refractivity contribution in [2.75, 3.05) is 18.1 Å². The lowest BCUT2D eigenvalue weighted by Crippen LogP contribution is -2.39. The summed E-state index contributed by atoms with van der Waals surface area (Å²) in [7, 11) is -4.21. The van der Waals surface area contributed by atoms with E-state index in [0.29, 0.717) is 0 Å². The summed E-state index contributed by atoms with van der Waals surface area (Å²) in [6.07, 6.45) is -2.85. The van der Waals surface area contributed by atoms with Crippen molar-refractivity contribution in [3.63, 3.8) is 0 Å². The van der Waals surface area contributed by atoms with E-state index in [2.05, 4.69) is 19.5 Å². The Morgan fingerprint density at radius 1 is 1.39 bits per heavy atom. The predicted octanol–water partition coefficient (Wildman–Crippen LogP) is -1.24. The molecule has 2 aromatic heterocycles. The summed E-state index contributed by atoms with van der Waals surface area (Å²) in [5, 5.41) is 10.4. The number of aliphatic hydroxyl groups excluding tert-OH is 1. The molecule has 13 heteroatoms. The van der Waals surface area contributed by atoms with Crippen LogP contribution in [-0.2, 0) is 18.3 Å². The normalized spacial score (nSPS) is 37.1. The van der Waals surface area contributed by atoms with E-state index in [9.17, 15) is 14.6 Å². The number of nitrogens with two attached hydrogens (primary N) is 2. The van der Waals surface area contributed by atoms with Crippen LogP contribution < -0.4 is 11.5 Å². The Hall–Kier alpha value is -1.82. The van der Waals surface area contributed by atoms with Crippen LogP contribution in [0.2, 0.25) is 0 Å². The average molecular weight is 344 g/mol. The zero-order chi connectivity index (χ0) is 16.4. The van der Waals surface area contributed by atoms with Gasteiger partial charge >= 0.3 is 7.82 Å². The Morgan fingerprint density at radius 3 is 2.96 bits per heavy atom. The molecular weight excluding hydrogens is 331 g/mol. The highest BCUT2D eigenvalue weighted by Gasteiger charge is 2.53. The molecule has 0 amide bonds. The SMILES string of the molecule is Nc1ncnc2c1nc(N)n2C1OC2COP(=O)(O)OC2C1O. The zero-order valence-electron chi connectivity index (χ0n) is 11.5. The molecule has 4 heterocycles. The number of aromatic nitrogens is 4. The number of fused-ring (bicyclic) bond motifs is 2. The third-order valence-electron chi connectivity index (χ3n) is 3.75. The van der Waals surface area contributed by atoms with Crippen LogP contribution in [0, 0.1) is 0 Å². The van der Waals surface area contributed by atoms with Gasteiger partial charge in [-0.1, -0.05) is 0 Å². The van der Waals surface area contributed by atoms with Crippen LogP contribution >= 0.6 is 7.82 Å². The zero-order valence-corrected chi connectivity index (χ0v) is 12.4. The molecule has 124 valence electrons. The second kappa shape index (κ2) is 4.84. The molecule has 2 aromatic rings. The Morgan fingerprint density at radius 2 is 2.17 bits per heavy atom. The Labute approximate surface area is 128 Å². The van der Waals surface area contributed by atoms with Crippen LogP contribution in [0.1, 0.15) is 6.23 Å². The smallest absolute Gasteiger partial charge is 0.386 e. The molecular formula is C10H13N6O6P. The molecule has 0 aliphatic carbocycles. The topological polar surface area (TPSA) is 181 Å². The number of nitrogen functional groups attached to an aromatic ring is 2. The Bertz CT molecular complexity index is 828. The van der Waals surface area contributed by atoms with Gasteiger partial charge in [0, 0.05) is 0 Å². The molecule has 0 aromatic carbocycles. The van der Waals surface area contributed by atoms with Gasteiger partial charge in [0.1, 0.15) is 24.6 Å². The van der Waals surface area contributed by atoms with Crippen LogP contribution in [-0.4, -0.2) is 54.4 Å². The number of phosphoric ester groups is 1. The predicted molar refractivity (Wildman–Crippen MR) is 74.7 cm³/mol. The van der Waals surface area contributed by atoms with Crippen molar-refractivity contribution in [2.24, 2.45) is 0 Å². The summed E-state index contributed by atoms with van der Waals surface area (Å²) in [6.45, 7) is -0.199. The maximum absolute atomic E-state index is 11.5. The van der Waals surface area contributed by atoms with Crippen molar-refractivity contribution in [1.29, 1.82) is 0 Å². The highest BCUT2D eigenvalue weighted by atomic mass is 31.2. The van der Waals surface area contributed by atoms with Crippen molar-refractivity contribution in [3.05, 3.63) is 6.33 Å². The lowest BCUT2D eigenvalue weighted by molar-refractivity contribution is -0.0659. The number of aliphatic hydroxyl groups is 1. The number of rotatable bonds is 1. The molecule has 4 rings (SSSR count). The van der Waals surface area contributed by atoms with Crippen LogP contribution in [0.4, 0.5) is 11.8 Å². The minimum absolute atomic E-state index is 0.00277. The minimum atomic E-state index is -4.21. The standard InChI is InChI=1S/C10H13N6O6P/c11-7-4-8(14-2-13-7)16(10(12)15-4)9-5(17)6-3(21-9)1-20-23(18,19)22-6/h2-3,5-6,9,17H,1H2,(H2,12,15)(H,18,19)(H2,11,13,14). The molecule has 2 saturated heterocycles. The fourth-order valence-corrected chi connectivity index (χ4v) is 3.71. The third kappa shape index (κ3) is 2.19. The van der Waals surface area contributed by atoms with Gasteiger partial charge in [0.05, 0.1) is 6.61 Å². The monoisotopic (exact) mass is 344 g/mol. The fraction of sp³-hybridized carbons (Fsp3) is 0.500. The maximum atomic E-state index is 11.5. The van der Waals surface area contributed by atoms with Crippen molar-refractivity contribution in [1.82, 2.24) is 19.5 Å². The summed E-state index contributed by atoms with van der Waals surface area (Å²) < 4.78 is 28.1. The summed E-state index contributed by atoms with van der Waals surface area (Å²) in [4.78, 5) is 21.3. The summed E-state index contributed by atoms with van der Waals surface area (Å²) >= 11 is 0. The second-order valence-corrected chi connectivity index (χ2v) is 6.57.